The van der Waals surface area contributed by atoms with Gasteiger partial charge in [0.15, 0.2) is 8.32 Å². The molecular weight excluding hydrogens is 440 g/mol. The second-order valence-electron chi connectivity index (χ2n) is 10.7. The number of aryl methyl sites for hydroxylation is 1. The molecule has 6 heteroatoms. The molecule has 2 unspecified atom stereocenters. The van der Waals surface area contributed by atoms with Gasteiger partial charge in [0.05, 0.1) is 6.20 Å². The average Bonchev–Trinajstić information content (AvgIpc) is 3.30. The first-order chi connectivity index (χ1) is 16.2. The van der Waals surface area contributed by atoms with E-state index in [0.29, 0.717) is 12.5 Å². The molecule has 2 aromatic carbocycles. The molecule has 178 valence electrons. The summed E-state index contributed by atoms with van der Waals surface area (Å²) >= 11 is 0. The molecule has 1 aliphatic carbocycles. The molecule has 0 bridgehead atoms. The number of aromatic nitrogens is 1. The number of benzene rings is 2. The van der Waals surface area contributed by atoms with Crippen molar-refractivity contribution < 1.29 is 13.6 Å². The predicted octanol–water partition coefficient (Wildman–Crippen LogP) is 6.99. The quantitative estimate of drug-likeness (QED) is 0.345. The second-order valence-corrected chi connectivity index (χ2v) is 15.4. The van der Waals surface area contributed by atoms with Gasteiger partial charge in [-0.15, -0.1) is 0 Å². The first-order valence-electron chi connectivity index (χ1n) is 12.0. The number of hydrogen-bond donors (Lipinski definition) is 0. The van der Waals surface area contributed by atoms with E-state index in [1.54, 1.807) is 0 Å². The SMILES string of the molecule is CC(C)(C)[Si](C)(C)OC(c1ncc(C#N)o1)C1CCc2cc(OCc3ccccc3)ccc2C1. The van der Waals surface area contributed by atoms with Crippen molar-refractivity contribution in [3.63, 3.8) is 0 Å². The number of nitriles is 1. The Morgan fingerprint density at radius 2 is 1.91 bits per heavy atom. The van der Waals surface area contributed by atoms with Crippen LogP contribution < -0.4 is 4.74 Å². The first-order valence-corrected chi connectivity index (χ1v) is 14.9. The highest BCUT2D eigenvalue weighted by atomic mass is 28.4. The van der Waals surface area contributed by atoms with Crippen LogP contribution in [0.25, 0.3) is 0 Å². The van der Waals surface area contributed by atoms with E-state index in [2.05, 4.69) is 75.3 Å². The van der Waals surface area contributed by atoms with E-state index in [1.165, 1.54) is 17.3 Å². The molecule has 0 fully saturated rings. The van der Waals surface area contributed by atoms with Gasteiger partial charge in [-0.05, 0) is 72.1 Å². The van der Waals surface area contributed by atoms with Gasteiger partial charge in [-0.1, -0.05) is 57.2 Å². The van der Waals surface area contributed by atoms with Gasteiger partial charge in [-0.25, -0.2) is 4.98 Å². The second kappa shape index (κ2) is 9.77. The minimum atomic E-state index is -2.08. The van der Waals surface area contributed by atoms with Crippen LogP contribution in [-0.2, 0) is 23.9 Å². The van der Waals surface area contributed by atoms with Crippen LogP contribution in [0.1, 0.15) is 61.6 Å². The van der Waals surface area contributed by atoms with E-state index in [0.717, 1.165) is 30.6 Å². The number of fused-ring (bicyclic) bond motifs is 1. The van der Waals surface area contributed by atoms with Crippen LogP contribution in [0.15, 0.2) is 59.1 Å². The maximum Gasteiger partial charge on any atom is 0.224 e. The zero-order chi connectivity index (χ0) is 24.3. The average molecular weight is 475 g/mol. The summed E-state index contributed by atoms with van der Waals surface area (Å²) in [7, 11) is -2.08. The Balaban J connectivity index is 1.52. The number of ether oxygens (including phenoxy) is 1. The molecule has 5 nitrogen and oxygen atoms in total. The molecule has 0 radical (unpaired) electrons. The third kappa shape index (κ3) is 5.43. The smallest absolute Gasteiger partial charge is 0.224 e. The summed E-state index contributed by atoms with van der Waals surface area (Å²) in [5.74, 6) is 1.90. The Kier molecular flexibility index (Phi) is 6.97. The molecule has 2 atom stereocenters. The third-order valence-electron chi connectivity index (χ3n) is 7.23. The lowest BCUT2D eigenvalue weighted by molar-refractivity contribution is 0.0822. The number of nitrogens with zero attached hydrogens (tertiary/aromatic N) is 2. The molecule has 1 heterocycles. The van der Waals surface area contributed by atoms with Crippen LogP contribution in [0.4, 0.5) is 0 Å². The van der Waals surface area contributed by atoms with Gasteiger partial charge in [0.2, 0.25) is 11.7 Å². The summed E-state index contributed by atoms with van der Waals surface area (Å²) < 4.78 is 18.7. The van der Waals surface area contributed by atoms with Crippen molar-refractivity contribution >= 4 is 8.32 Å². The summed E-state index contributed by atoms with van der Waals surface area (Å²) in [6, 6.07) is 18.7. The summed E-state index contributed by atoms with van der Waals surface area (Å²) in [6.45, 7) is 11.8. The molecule has 1 aromatic heterocycles. The van der Waals surface area contributed by atoms with Crippen molar-refractivity contribution in [2.45, 2.75) is 70.9 Å². The topological polar surface area (TPSA) is 68.3 Å². The highest BCUT2D eigenvalue weighted by Crippen LogP contribution is 2.44. The normalized spacial score (nSPS) is 17.0. The highest BCUT2D eigenvalue weighted by Gasteiger charge is 2.43. The molecule has 1 aliphatic rings. The summed E-state index contributed by atoms with van der Waals surface area (Å²) in [4.78, 5) is 4.44. The van der Waals surface area contributed by atoms with Crippen molar-refractivity contribution in [3.8, 4) is 11.8 Å². The number of oxazole rings is 1. The fourth-order valence-electron chi connectivity index (χ4n) is 4.16. The van der Waals surface area contributed by atoms with Crippen LogP contribution in [0.3, 0.4) is 0 Å². The summed E-state index contributed by atoms with van der Waals surface area (Å²) in [6.07, 6.45) is 4.05. The van der Waals surface area contributed by atoms with Crippen molar-refractivity contribution in [3.05, 3.63) is 83.1 Å². The number of hydrogen-bond acceptors (Lipinski definition) is 5. The van der Waals surface area contributed by atoms with Gasteiger partial charge in [0.25, 0.3) is 0 Å². The third-order valence-corrected chi connectivity index (χ3v) is 11.7. The molecule has 0 aliphatic heterocycles. The Labute approximate surface area is 203 Å². The van der Waals surface area contributed by atoms with Gasteiger partial charge in [0.1, 0.15) is 24.5 Å². The van der Waals surface area contributed by atoms with Crippen LogP contribution in [0, 0.1) is 17.2 Å². The predicted molar refractivity (Wildman–Crippen MR) is 135 cm³/mol. The Morgan fingerprint density at radius 3 is 2.59 bits per heavy atom. The van der Waals surface area contributed by atoms with E-state index in [4.69, 9.17) is 13.6 Å². The molecular formula is C28H34N2O3Si. The van der Waals surface area contributed by atoms with E-state index < -0.39 is 8.32 Å². The summed E-state index contributed by atoms with van der Waals surface area (Å²) in [5.41, 5.74) is 3.81. The minimum Gasteiger partial charge on any atom is -0.489 e. The van der Waals surface area contributed by atoms with Crippen molar-refractivity contribution in [2.75, 3.05) is 0 Å². The van der Waals surface area contributed by atoms with Crippen LogP contribution in [-0.4, -0.2) is 13.3 Å². The van der Waals surface area contributed by atoms with Gasteiger partial charge in [0, 0.05) is 0 Å². The van der Waals surface area contributed by atoms with Crippen LogP contribution in [0.2, 0.25) is 18.1 Å². The Hall–Kier alpha value is -2.88. The van der Waals surface area contributed by atoms with Crippen molar-refractivity contribution in [2.24, 2.45) is 5.92 Å². The van der Waals surface area contributed by atoms with Gasteiger partial charge < -0.3 is 13.6 Å². The largest absolute Gasteiger partial charge is 0.489 e. The maximum atomic E-state index is 9.25. The van der Waals surface area contributed by atoms with E-state index in [1.807, 2.05) is 18.2 Å². The Bertz CT molecular complexity index is 1160. The molecule has 4 rings (SSSR count). The van der Waals surface area contributed by atoms with Gasteiger partial charge in [-0.3, -0.25) is 0 Å². The fourth-order valence-corrected chi connectivity index (χ4v) is 5.44. The van der Waals surface area contributed by atoms with E-state index in [-0.39, 0.29) is 22.8 Å². The molecule has 0 amide bonds. The van der Waals surface area contributed by atoms with E-state index >= 15 is 0 Å². The van der Waals surface area contributed by atoms with E-state index in [9.17, 15) is 5.26 Å². The lowest BCUT2D eigenvalue weighted by atomic mass is 9.81. The molecule has 34 heavy (non-hydrogen) atoms. The number of rotatable bonds is 7. The first kappa shape index (κ1) is 24.2. The molecule has 3 aromatic rings. The lowest BCUT2D eigenvalue weighted by Crippen LogP contribution is -2.43. The van der Waals surface area contributed by atoms with Crippen molar-refractivity contribution in [1.29, 1.82) is 5.26 Å². The van der Waals surface area contributed by atoms with Gasteiger partial charge in [-0.2, -0.15) is 5.26 Å². The molecule has 0 spiro atoms. The van der Waals surface area contributed by atoms with Crippen LogP contribution >= 0.6 is 0 Å². The standard InChI is InChI=1S/C28H34N2O3Si/c1-28(2,3)34(4,5)33-26(27-30-18-25(17-29)32-27)23-12-11-22-16-24(14-13-21(22)15-23)31-19-20-9-7-6-8-10-20/h6-10,13-14,16,18,23,26H,11-12,15,19H2,1-5H3. The fraction of sp³-hybridized carbons (Fsp3) is 0.429. The minimum absolute atomic E-state index is 0.0630. The molecule has 0 saturated carbocycles. The van der Waals surface area contributed by atoms with Gasteiger partial charge >= 0.3 is 0 Å². The maximum absolute atomic E-state index is 9.25. The van der Waals surface area contributed by atoms with Crippen LogP contribution in [0.5, 0.6) is 5.75 Å². The van der Waals surface area contributed by atoms with Crippen molar-refractivity contribution in [1.82, 2.24) is 4.98 Å². The lowest BCUT2D eigenvalue weighted by Gasteiger charge is -2.41. The Morgan fingerprint density at radius 1 is 1.15 bits per heavy atom. The summed E-state index contributed by atoms with van der Waals surface area (Å²) in [5, 5.41) is 9.31. The highest BCUT2D eigenvalue weighted by molar-refractivity contribution is 6.74. The monoisotopic (exact) mass is 474 g/mol. The zero-order valence-electron chi connectivity index (χ0n) is 20.8. The zero-order valence-corrected chi connectivity index (χ0v) is 21.8. The molecule has 0 saturated heterocycles. The molecule has 0 N–H and O–H groups in total.